The highest BCUT2D eigenvalue weighted by Crippen LogP contribution is 2.41. The molecule has 18 heteroatoms. The monoisotopic (exact) mass is 975 g/mol. The van der Waals surface area contributed by atoms with Crippen molar-refractivity contribution < 1.29 is 29.0 Å². The molecule has 0 spiro atoms. The molecule has 18 nitrogen and oxygen atoms in total. The molecule has 4 amide bonds. The number of pyridine rings is 3. The number of aliphatic hydroxyl groups excluding tert-OH is 1. The summed E-state index contributed by atoms with van der Waals surface area (Å²) in [6, 6.07) is 13.8. The number of aromatic nitrogens is 4. The van der Waals surface area contributed by atoms with Gasteiger partial charge in [0.1, 0.15) is 41.4 Å². The number of hydrogen-bond acceptors (Lipinski definition) is 13. The third-order valence-electron chi connectivity index (χ3n) is 16.4. The van der Waals surface area contributed by atoms with Gasteiger partial charge in [-0.1, -0.05) is 13.8 Å². The van der Waals surface area contributed by atoms with Crippen LogP contribution in [0, 0.1) is 5.41 Å². The second kappa shape index (κ2) is 17.7. The number of benzene rings is 1. The Morgan fingerprint density at radius 1 is 0.847 bits per heavy atom. The van der Waals surface area contributed by atoms with Crippen LogP contribution in [0.5, 0.6) is 5.75 Å². The third kappa shape index (κ3) is 8.03. The number of carbonyl (C=O) groups excluding carboxylic acids is 4. The Morgan fingerprint density at radius 2 is 1.71 bits per heavy atom. The summed E-state index contributed by atoms with van der Waals surface area (Å²) < 4.78 is 10.1. The van der Waals surface area contributed by atoms with Crippen LogP contribution in [0.4, 0.5) is 23.0 Å². The van der Waals surface area contributed by atoms with E-state index in [0.717, 1.165) is 81.0 Å². The summed E-state index contributed by atoms with van der Waals surface area (Å²) in [6.07, 6.45) is 9.73. The molecule has 12 rings (SSSR count). The lowest BCUT2D eigenvalue weighted by molar-refractivity contribution is -0.136. The Hall–Kier alpha value is -6.89. The lowest BCUT2D eigenvalue weighted by Gasteiger charge is -2.48. The number of fused-ring (bicyclic) bond motifs is 6. The standard InChI is InChI=1S/C54H61N11O7/c1-31-25-61(36-10-12-60-27-35-17-33-28-65(43-6-8-48(67)58-50(43)68)51(69)40(33)21-46(35)72-30-38(60)20-36)13-14-62(31)37-5-7-47(56-24-37)57-42-18-34(26-59(4)52(42)70)39-9-11-55-49(41(39)29-66)64-16-15-63-44(53(64)71)19-32-22-54(2,3)23-45(32)63/h5,7,9,11,17-19,21,24,26,31,36,38,43,66H,6,8,10,12-16,20,22-23,25,27-30H2,1-4H3,(H,56,57)(H,58,67,68)/t31-,36+,38+,43?/m0/s1. The number of hydrogen-bond donors (Lipinski definition) is 3. The minimum Gasteiger partial charge on any atom is -0.492 e. The van der Waals surface area contributed by atoms with Crippen LogP contribution in [0.1, 0.15) is 95.2 Å². The van der Waals surface area contributed by atoms with Crippen LogP contribution in [-0.2, 0) is 55.7 Å². The van der Waals surface area contributed by atoms with Crippen LogP contribution in [0.25, 0.3) is 11.1 Å². The van der Waals surface area contributed by atoms with Gasteiger partial charge in [-0.3, -0.25) is 44.0 Å². The van der Waals surface area contributed by atoms with Gasteiger partial charge in [0.15, 0.2) is 0 Å². The van der Waals surface area contributed by atoms with Gasteiger partial charge in [0.05, 0.1) is 18.5 Å². The number of imide groups is 1. The molecule has 3 fully saturated rings. The summed E-state index contributed by atoms with van der Waals surface area (Å²) in [5, 5.41) is 16.5. The maximum atomic E-state index is 14.0. The SMILES string of the molecule is C[C@H]1CN([C@@H]2CCN3Cc4cc5c(cc4OC[C@H]3C2)C(=O)N(C2CCC(=O)NC2=O)C5)CCN1c1ccc(Nc2cc(-c3ccnc(N4CCn5c(cc6c5CC(C)(C)C6)C4=O)c3CO)cn(C)c2=O)nc1. The molecule has 1 aromatic carbocycles. The average molecular weight is 976 g/mol. The third-order valence-corrected chi connectivity index (χ3v) is 16.4. The molecule has 374 valence electrons. The van der Waals surface area contributed by atoms with Crippen molar-refractivity contribution in [2.45, 2.75) is 110 Å². The van der Waals surface area contributed by atoms with E-state index in [-0.39, 0.29) is 53.8 Å². The Kier molecular flexibility index (Phi) is 11.4. The normalized spacial score (nSPS) is 24.0. The number of carbonyl (C=O) groups is 4. The second-order valence-corrected chi connectivity index (χ2v) is 21.7. The van der Waals surface area contributed by atoms with Gasteiger partial charge in [-0.15, -0.1) is 0 Å². The molecular weight excluding hydrogens is 915 g/mol. The highest BCUT2D eigenvalue weighted by molar-refractivity contribution is 6.07. The van der Waals surface area contributed by atoms with Gasteiger partial charge < -0.3 is 34.1 Å². The minimum absolute atomic E-state index is 0.130. The predicted octanol–water partition coefficient (Wildman–Crippen LogP) is 4.36. The molecule has 4 aromatic heterocycles. The second-order valence-electron chi connectivity index (χ2n) is 21.7. The molecule has 1 unspecified atom stereocenters. The van der Waals surface area contributed by atoms with Gasteiger partial charge in [-0.05, 0) is 104 Å². The molecule has 0 radical (unpaired) electrons. The molecule has 10 heterocycles. The number of aryl methyl sites for hydroxylation is 1. The number of anilines is 4. The highest BCUT2D eigenvalue weighted by atomic mass is 16.5. The zero-order chi connectivity index (χ0) is 49.7. The first kappa shape index (κ1) is 46.2. The van der Waals surface area contributed by atoms with Crippen LogP contribution < -0.4 is 30.7 Å². The molecule has 0 bridgehead atoms. The number of amides is 4. The number of nitrogens with one attached hydrogen (secondary N) is 2. The quantitative estimate of drug-likeness (QED) is 0.186. The van der Waals surface area contributed by atoms with Gasteiger partial charge in [-0.25, -0.2) is 9.97 Å². The first-order valence-electron chi connectivity index (χ1n) is 25.4. The van der Waals surface area contributed by atoms with E-state index in [4.69, 9.17) is 9.72 Å². The van der Waals surface area contributed by atoms with Crippen molar-refractivity contribution in [1.29, 1.82) is 0 Å². The molecule has 6 aliphatic heterocycles. The van der Waals surface area contributed by atoms with E-state index in [1.165, 1.54) is 15.8 Å². The summed E-state index contributed by atoms with van der Waals surface area (Å²) in [6.45, 7) is 12.8. The molecule has 7 aliphatic rings. The molecule has 4 atom stereocenters. The van der Waals surface area contributed by atoms with Gasteiger partial charge in [0, 0.05) is 124 Å². The van der Waals surface area contributed by atoms with Crippen molar-refractivity contribution in [3.63, 3.8) is 0 Å². The van der Waals surface area contributed by atoms with E-state index in [9.17, 15) is 29.1 Å². The van der Waals surface area contributed by atoms with Crippen molar-refractivity contribution >= 4 is 46.6 Å². The molecule has 72 heavy (non-hydrogen) atoms. The van der Waals surface area contributed by atoms with Crippen molar-refractivity contribution in [2.75, 3.05) is 54.4 Å². The van der Waals surface area contributed by atoms with Crippen LogP contribution in [-0.4, -0.2) is 126 Å². The zero-order valence-electron chi connectivity index (χ0n) is 41.3. The highest BCUT2D eigenvalue weighted by Gasteiger charge is 2.42. The molecule has 0 saturated carbocycles. The van der Waals surface area contributed by atoms with Crippen molar-refractivity contribution in [3.8, 4) is 16.9 Å². The number of nitrogens with zero attached hydrogens (tertiary/aromatic N) is 9. The van der Waals surface area contributed by atoms with E-state index in [2.05, 4.69) is 61.7 Å². The van der Waals surface area contributed by atoms with Gasteiger partial charge in [0.25, 0.3) is 17.4 Å². The fourth-order valence-corrected chi connectivity index (χ4v) is 12.8. The van der Waals surface area contributed by atoms with Crippen LogP contribution in [0.2, 0.25) is 0 Å². The first-order chi connectivity index (χ1) is 34.7. The summed E-state index contributed by atoms with van der Waals surface area (Å²) in [7, 11) is 1.70. The lowest BCUT2D eigenvalue weighted by atomic mass is 9.90. The number of ether oxygens (including phenoxy) is 1. The maximum absolute atomic E-state index is 14.0. The predicted molar refractivity (Wildman–Crippen MR) is 269 cm³/mol. The molecule has 1 aliphatic carbocycles. The van der Waals surface area contributed by atoms with E-state index in [0.29, 0.717) is 84.0 Å². The van der Waals surface area contributed by atoms with Crippen LogP contribution >= 0.6 is 0 Å². The van der Waals surface area contributed by atoms with E-state index in [1.807, 2.05) is 36.5 Å². The van der Waals surface area contributed by atoms with Gasteiger partial charge >= 0.3 is 0 Å². The minimum atomic E-state index is -0.646. The lowest BCUT2D eigenvalue weighted by Crippen LogP contribution is -2.58. The largest absolute Gasteiger partial charge is 0.492 e. The molecule has 5 aromatic rings. The Morgan fingerprint density at radius 3 is 2.50 bits per heavy atom. The molecular formula is C54H61N11O7. The molecule has 3 N–H and O–H groups in total. The summed E-state index contributed by atoms with van der Waals surface area (Å²) in [5.41, 5.74) is 8.85. The van der Waals surface area contributed by atoms with Crippen molar-refractivity contribution in [3.05, 3.63) is 111 Å². The van der Waals surface area contributed by atoms with Crippen molar-refractivity contribution in [1.82, 2.24) is 39.1 Å². The summed E-state index contributed by atoms with van der Waals surface area (Å²) in [4.78, 5) is 85.7. The summed E-state index contributed by atoms with van der Waals surface area (Å²) in [5.74, 6) is 0.657. The van der Waals surface area contributed by atoms with Gasteiger partial charge in [0.2, 0.25) is 11.8 Å². The zero-order valence-corrected chi connectivity index (χ0v) is 41.3. The maximum Gasteiger partial charge on any atom is 0.276 e. The smallest absolute Gasteiger partial charge is 0.276 e. The first-order valence-corrected chi connectivity index (χ1v) is 25.4. The fraction of sp³-hybridized carbons (Fsp3) is 0.463. The van der Waals surface area contributed by atoms with E-state index >= 15 is 0 Å². The van der Waals surface area contributed by atoms with Crippen LogP contribution in [0.3, 0.4) is 0 Å². The topological polar surface area (TPSA) is 191 Å². The van der Waals surface area contributed by atoms with E-state index < -0.39 is 11.9 Å². The Balaban J connectivity index is 0.679. The number of rotatable bonds is 8. The Bertz CT molecular complexity index is 3130. The average Bonchev–Trinajstić information content (AvgIpc) is 3.92. The van der Waals surface area contributed by atoms with Crippen molar-refractivity contribution in [2.24, 2.45) is 12.5 Å². The fourth-order valence-electron chi connectivity index (χ4n) is 12.8. The van der Waals surface area contributed by atoms with Gasteiger partial charge in [-0.2, -0.15) is 0 Å². The van der Waals surface area contributed by atoms with E-state index in [1.54, 1.807) is 35.3 Å². The number of piperidine rings is 2. The number of piperazine rings is 1. The molecule has 3 saturated heterocycles. The van der Waals surface area contributed by atoms with Crippen LogP contribution in [0.15, 0.2) is 65.8 Å². The Labute approximate surface area is 417 Å². The summed E-state index contributed by atoms with van der Waals surface area (Å²) >= 11 is 0. The number of aliphatic hydroxyl groups is 1.